The monoisotopic (exact) mass is 671 g/mol. The second-order valence-corrected chi connectivity index (χ2v) is 16.3. The third-order valence-corrected chi connectivity index (χ3v) is 13.8. The van der Waals surface area contributed by atoms with Crippen LogP contribution in [0.25, 0.3) is 0 Å². The summed E-state index contributed by atoms with van der Waals surface area (Å²) in [5, 5.41) is -0.790. The number of sulfonamides is 1. The molecule has 246 valence electrons. The smallest absolute Gasteiger partial charge is 0.283 e. The van der Waals surface area contributed by atoms with Crippen molar-refractivity contribution in [2.75, 3.05) is 31.7 Å². The number of carbonyl (C=O) groups is 2. The van der Waals surface area contributed by atoms with E-state index < -0.39 is 38.0 Å². The van der Waals surface area contributed by atoms with Crippen LogP contribution in [0.3, 0.4) is 0 Å². The number of carbonyl (C=O) groups excluding carboxylic acids is 2. The Morgan fingerprint density at radius 1 is 1.22 bits per heavy atom. The van der Waals surface area contributed by atoms with Gasteiger partial charge >= 0.3 is 0 Å². The van der Waals surface area contributed by atoms with Crippen LogP contribution in [0, 0.1) is 29.5 Å². The SMILES string of the molecule is CO[C@@]1(C=O)C2=C[C@@H](C2)[C@H](C)[C@@H](C)S(=O)(=O)NC(=O)c2ccc3c(n2)N(C[C@@H]2CC[C@H]21)C[C@@]1(CCCc2c1ccc(Cl)c2F)CO3. The highest BCUT2D eigenvalue weighted by Gasteiger charge is 2.54. The second-order valence-electron chi connectivity index (χ2n) is 13.9. The third kappa shape index (κ3) is 4.79. The molecule has 3 aliphatic heterocycles. The van der Waals surface area contributed by atoms with Crippen molar-refractivity contribution < 1.29 is 31.9 Å². The Labute approximate surface area is 273 Å². The van der Waals surface area contributed by atoms with E-state index in [2.05, 4.69) is 9.62 Å². The molecule has 9 nitrogen and oxygen atoms in total. The van der Waals surface area contributed by atoms with Gasteiger partial charge in [0.25, 0.3) is 5.91 Å². The Morgan fingerprint density at radius 3 is 2.70 bits per heavy atom. The van der Waals surface area contributed by atoms with Crippen molar-refractivity contribution in [2.24, 2.45) is 23.7 Å². The summed E-state index contributed by atoms with van der Waals surface area (Å²) in [6.45, 7) is 4.63. The first-order chi connectivity index (χ1) is 21.9. The first-order valence-electron chi connectivity index (χ1n) is 16.1. The quantitative estimate of drug-likeness (QED) is 0.351. The maximum atomic E-state index is 15.3. The fourth-order valence-electron chi connectivity index (χ4n) is 8.52. The number of aromatic nitrogens is 1. The van der Waals surface area contributed by atoms with Crippen LogP contribution in [0.2, 0.25) is 5.02 Å². The first-order valence-corrected chi connectivity index (χ1v) is 18.0. The van der Waals surface area contributed by atoms with E-state index in [4.69, 9.17) is 26.1 Å². The molecule has 2 aromatic rings. The van der Waals surface area contributed by atoms with E-state index in [0.29, 0.717) is 43.1 Å². The molecule has 1 saturated carbocycles. The fraction of sp³-hybridized carbons (Fsp3) is 0.559. The van der Waals surface area contributed by atoms with Crippen LogP contribution in [0.15, 0.2) is 35.9 Å². The summed E-state index contributed by atoms with van der Waals surface area (Å²) in [6.07, 6.45) is 7.17. The lowest BCUT2D eigenvalue weighted by molar-refractivity contribution is -0.139. The molecule has 0 unspecified atom stereocenters. The van der Waals surface area contributed by atoms with E-state index in [-0.39, 0.29) is 41.0 Å². The molecular weight excluding hydrogens is 633 g/mol. The lowest BCUT2D eigenvalue weighted by atomic mass is 9.58. The Hall–Kier alpha value is -3.02. The Balaban J connectivity index is 1.35. The summed E-state index contributed by atoms with van der Waals surface area (Å²) in [4.78, 5) is 33.2. The maximum absolute atomic E-state index is 15.3. The van der Waals surface area contributed by atoms with Gasteiger partial charge in [0.15, 0.2) is 17.9 Å². The lowest BCUT2D eigenvalue weighted by Gasteiger charge is -2.52. The van der Waals surface area contributed by atoms with E-state index >= 15 is 4.39 Å². The zero-order chi connectivity index (χ0) is 32.6. The van der Waals surface area contributed by atoms with Gasteiger partial charge in [0.05, 0.1) is 16.9 Å². The number of methoxy groups -OCH3 is 1. The summed E-state index contributed by atoms with van der Waals surface area (Å²) >= 11 is 6.20. The highest BCUT2D eigenvalue weighted by Crippen LogP contribution is 2.53. The number of aldehydes is 1. The predicted molar refractivity (Wildman–Crippen MR) is 171 cm³/mol. The summed E-state index contributed by atoms with van der Waals surface area (Å²) in [6, 6.07) is 6.61. The summed E-state index contributed by atoms with van der Waals surface area (Å²) in [5.74, 6) is -0.772. The van der Waals surface area contributed by atoms with E-state index in [9.17, 15) is 18.0 Å². The Morgan fingerprint density at radius 2 is 2.00 bits per heavy atom. The number of anilines is 1. The highest BCUT2D eigenvalue weighted by molar-refractivity contribution is 7.90. The first kappa shape index (κ1) is 31.6. The largest absolute Gasteiger partial charge is 0.489 e. The number of rotatable bonds is 2. The van der Waals surface area contributed by atoms with Gasteiger partial charge in [-0.05, 0) is 98.1 Å². The average molecular weight is 672 g/mol. The molecule has 8 rings (SSSR count). The van der Waals surface area contributed by atoms with Crippen LogP contribution in [0.1, 0.15) is 67.6 Å². The number of allylic oxidation sites excluding steroid dienone is 1. The number of hydrogen-bond acceptors (Lipinski definition) is 8. The number of amides is 1. The molecule has 46 heavy (non-hydrogen) atoms. The third-order valence-electron chi connectivity index (χ3n) is 11.7. The number of pyridine rings is 1. The van der Waals surface area contributed by atoms with Crippen molar-refractivity contribution in [3.05, 3.63) is 63.6 Å². The van der Waals surface area contributed by atoms with Gasteiger partial charge in [0, 0.05) is 31.5 Å². The van der Waals surface area contributed by atoms with Gasteiger partial charge in [-0.1, -0.05) is 30.7 Å². The topological polar surface area (TPSA) is 115 Å². The molecule has 1 spiro atoms. The van der Waals surface area contributed by atoms with Crippen LogP contribution < -0.4 is 14.4 Å². The van der Waals surface area contributed by atoms with Gasteiger partial charge in [0.2, 0.25) is 10.0 Å². The minimum absolute atomic E-state index is 0.0455. The van der Waals surface area contributed by atoms with Gasteiger partial charge in [-0.2, -0.15) is 0 Å². The molecule has 3 aliphatic carbocycles. The summed E-state index contributed by atoms with van der Waals surface area (Å²) in [7, 11) is -2.49. The molecule has 0 radical (unpaired) electrons. The summed E-state index contributed by atoms with van der Waals surface area (Å²) < 4.78 is 56.9. The van der Waals surface area contributed by atoms with Gasteiger partial charge in [-0.25, -0.2) is 22.5 Å². The van der Waals surface area contributed by atoms with E-state index in [1.54, 1.807) is 26.2 Å². The minimum atomic E-state index is -4.06. The molecule has 1 aromatic heterocycles. The fourth-order valence-corrected chi connectivity index (χ4v) is 10.0. The Kier molecular flexibility index (Phi) is 7.76. The molecule has 0 saturated heterocycles. The van der Waals surface area contributed by atoms with Crippen LogP contribution in [-0.4, -0.2) is 63.3 Å². The van der Waals surface area contributed by atoms with Crippen LogP contribution in [-0.2, 0) is 31.4 Å². The van der Waals surface area contributed by atoms with Crippen molar-refractivity contribution in [3.8, 4) is 5.75 Å². The number of fused-ring (bicyclic) bond motifs is 6. The molecule has 1 amide bonds. The average Bonchev–Trinajstić information content (AvgIpc) is 3.15. The molecule has 4 bridgehead atoms. The van der Waals surface area contributed by atoms with Crippen LogP contribution in [0.5, 0.6) is 5.75 Å². The highest BCUT2D eigenvalue weighted by atomic mass is 35.5. The van der Waals surface area contributed by atoms with Gasteiger partial charge in [0.1, 0.15) is 17.1 Å². The zero-order valence-corrected chi connectivity index (χ0v) is 27.8. The molecule has 6 aliphatic rings. The van der Waals surface area contributed by atoms with Crippen molar-refractivity contribution in [2.45, 2.75) is 68.6 Å². The number of hydrogen-bond donors (Lipinski definition) is 1. The maximum Gasteiger partial charge on any atom is 0.283 e. The normalized spacial score (nSPS) is 34.8. The summed E-state index contributed by atoms with van der Waals surface area (Å²) in [5.41, 5.74) is 0.573. The lowest BCUT2D eigenvalue weighted by Crippen LogP contribution is -2.57. The van der Waals surface area contributed by atoms with E-state index in [0.717, 1.165) is 43.1 Å². The zero-order valence-electron chi connectivity index (χ0n) is 26.2. The number of halogens is 2. The van der Waals surface area contributed by atoms with Crippen molar-refractivity contribution in [3.63, 3.8) is 0 Å². The molecule has 12 heteroatoms. The standard InChI is InChI=1S/C34H39ClFN3O6S/c1-19-20(2)46(42,43)38-32(41)28-10-11-29-31(37-28)39(15-21-6-7-25(21)34(17-40,44-3)23-13-22(19)14-23)16-33(18-45-29)12-4-5-24-26(33)8-9-27(35)30(24)36/h8-11,13,17,19-22,25H,4-7,12,14-16,18H2,1-3H3,(H,38,41)/t19-,20-,21+,22+,25-,33+,34+/m1/s1. The Bertz CT molecular complexity index is 1750. The van der Waals surface area contributed by atoms with Crippen molar-refractivity contribution in [1.82, 2.24) is 9.71 Å². The number of nitrogens with one attached hydrogen (secondary N) is 1. The van der Waals surface area contributed by atoms with E-state index in [1.807, 2.05) is 19.1 Å². The van der Waals surface area contributed by atoms with Gasteiger partial charge in [-0.15, -0.1) is 0 Å². The predicted octanol–water partition coefficient (Wildman–Crippen LogP) is 5.00. The molecule has 1 fully saturated rings. The molecule has 1 aromatic carbocycles. The van der Waals surface area contributed by atoms with E-state index in [1.165, 1.54) is 6.07 Å². The van der Waals surface area contributed by atoms with Crippen LogP contribution in [0.4, 0.5) is 10.2 Å². The number of ether oxygens (including phenoxy) is 2. The van der Waals surface area contributed by atoms with Crippen molar-refractivity contribution >= 4 is 39.6 Å². The number of nitrogens with zero attached hydrogens (tertiary/aromatic N) is 2. The van der Waals surface area contributed by atoms with Crippen LogP contribution >= 0.6 is 11.6 Å². The molecular formula is C34H39ClFN3O6S. The number of benzene rings is 1. The second kappa shape index (κ2) is 11.3. The molecule has 1 N–H and O–H groups in total. The van der Waals surface area contributed by atoms with Crippen molar-refractivity contribution in [1.29, 1.82) is 0 Å². The molecule has 4 heterocycles. The van der Waals surface area contributed by atoms with Gasteiger partial charge < -0.3 is 14.4 Å². The minimum Gasteiger partial charge on any atom is -0.489 e. The van der Waals surface area contributed by atoms with Gasteiger partial charge in [-0.3, -0.25) is 9.59 Å². The molecule has 7 atom stereocenters.